The smallest absolute Gasteiger partial charge is 0.315 e. The number of rotatable bonds is 6. The van der Waals surface area contributed by atoms with Crippen molar-refractivity contribution < 1.29 is 14.7 Å². The minimum absolute atomic E-state index is 0.0108. The van der Waals surface area contributed by atoms with Crippen LogP contribution in [0.1, 0.15) is 25.7 Å². The Morgan fingerprint density at radius 1 is 1.41 bits per heavy atom. The highest BCUT2D eigenvalue weighted by atomic mass is 32.2. The van der Waals surface area contributed by atoms with Gasteiger partial charge in [-0.1, -0.05) is 0 Å². The zero-order chi connectivity index (χ0) is 12.7. The van der Waals surface area contributed by atoms with E-state index in [0.29, 0.717) is 19.4 Å². The first-order chi connectivity index (χ1) is 8.13. The van der Waals surface area contributed by atoms with Crippen molar-refractivity contribution >= 4 is 23.8 Å². The van der Waals surface area contributed by atoms with E-state index in [0.717, 1.165) is 18.6 Å². The van der Waals surface area contributed by atoms with E-state index in [9.17, 15) is 9.59 Å². The standard InChI is InChI=1S/C11H20N2O3S/c1-17-6-2-5-12-11(16)13-9-4-3-8(7-9)10(14)15/h8-9H,2-7H2,1H3,(H,14,15)(H2,12,13,16). The van der Waals surface area contributed by atoms with Crippen LogP contribution in [-0.2, 0) is 4.79 Å². The molecule has 1 aliphatic carbocycles. The second kappa shape index (κ2) is 7.42. The van der Waals surface area contributed by atoms with E-state index < -0.39 is 5.97 Å². The number of carbonyl (C=O) groups is 2. The summed E-state index contributed by atoms with van der Waals surface area (Å²) in [6.07, 6.45) is 4.96. The first-order valence-electron chi connectivity index (χ1n) is 5.89. The van der Waals surface area contributed by atoms with E-state index >= 15 is 0 Å². The van der Waals surface area contributed by atoms with Crippen LogP contribution in [0.2, 0.25) is 0 Å². The summed E-state index contributed by atoms with van der Waals surface area (Å²) in [4.78, 5) is 22.2. The van der Waals surface area contributed by atoms with Crippen LogP contribution in [0.5, 0.6) is 0 Å². The van der Waals surface area contributed by atoms with Crippen molar-refractivity contribution in [2.45, 2.75) is 31.7 Å². The second-order valence-corrected chi connectivity index (χ2v) is 5.28. The lowest BCUT2D eigenvalue weighted by atomic mass is 10.1. The summed E-state index contributed by atoms with van der Waals surface area (Å²) in [6.45, 7) is 0.668. The highest BCUT2D eigenvalue weighted by Gasteiger charge is 2.30. The summed E-state index contributed by atoms with van der Waals surface area (Å²) in [7, 11) is 0. The van der Waals surface area contributed by atoms with Gasteiger partial charge in [0.1, 0.15) is 0 Å². The van der Waals surface area contributed by atoms with Crippen LogP contribution in [0.25, 0.3) is 0 Å². The number of hydrogen-bond acceptors (Lipinski definition) is 3. The fourth-order valence-corrected chi connectivity index (χ4v) is 2.42. The fraction of sp³-hybridized carbons (Fsp3) is 0.818. The van der Waals surface area contributed by atoms with Crippen LogP contribution in [0.4, 0.5) is 4.79 Å². The van der Waals surface area contributed by atoms with Crippen LogP contribution in [0.15, 0.2) is 0 Å². The Labute approximate surface area is 106 Å². The van der Waals surface area contributed by atoms with Gasteiger partial charge in [0.15, 0.2) is 0 Å². The molecule has 3 N–H and O–H groups in total. The van der Waals surface area contributed by atoms with Crippen molar-refractivity contribution in [2.75, 3.05) is 18.6 Å². The average Bonchev–Trinajstić information content (AvgIpc) is 2.73. The molecule has 0 aromatic heterocycles. The van der Waals surface area contributed by atoms with E-state index in [1.807, 2.05) is 6.26 Å². The maximum absolute atomic E-state index is 11.5. The van der Waals surface area contributed by atoms with Crippen LogP contribution in [0, 0.1) is 5.92 Å². The van der Waals surface area contributed by atoms with Gasteiger partial charge in [-0.05, 0) is 37.7 Å². The molecule has 0 aromatic carbocycles. The molecular formula is C11H20N2O3S. The molecule has 2 atom stereocenters. The van der Waals surface area contributed by atoms with Crippen LogP contribution < -0.4 is 10.6 Å². The third-order valence-electron chi connectivity index (χ3n) is 2.93. The third-order valence-corrected chi connectivity index (χ3v) is 3.62. The number of carbonyl (C=O) groups excluding carboxylic acids is 1. The molecule has 17 heavy (non-hydrogen) atoms. The predicted octanol–water partition coefficient (Wildman–Crippen LogP) is 1.29. The lowest BCUT2D eigenvalue weighted by Gasteiger charge is -2.13. The lowest BCUT2D eigenvalue weighted by Crippen LogP contribution is -2.41. The molecule has 0 bridgehead atoms. The molecule has 98 valence electrons. The zero-order valence-corrected chi connectivity index (χ0v) is 10.9. The highest BCUT2D eigenvalue weighted by molar-refractivity contribution is 7.98. The molecule has 1 rings (SSSR count). The van der Waals surface area contributed by atoms with E-state index in [1.165, 1.54) is 0 Å². The Morgan fingerprint density at radius 2 is 2.18 bits per heavy atom. The number of nitrogens with one attached hydrogen (secondary N) is 2. The van der Waals surface area contributed by atoms with Gasteiger partial charge < -0.3 is 15.7 Å². The minimum atomic E-state index is -0.755. The largest absolute Gasteiger partial charge is 0.481 e. The molecule has 0 aromatic rings. The Hall–Kier alpha value is -0.910. The maximum atomic E-state index is 11.5. The van der Waals surface area contributed by atoms with Crippen molar-refractivity contribution in [3.05, 3.63) is 0 Å². The average molecular weight is 260 g/mol. The third kappa shape index (κ3) is 5.30. The van der Waals surface area contributed by atoms with Gasteiger partial charge in [-0.3, -0.25) is 4.79 Å². The summed E-state index contributed by atoms with van der Waals surface area (Å²) in [5.74, 6) is -0.0170. The van der Waals surface area contributed by atoms with Crippen LogP contribution >= 0.6 is 11.8 Å². The zero-order valence-electron chi connectivity index (χ0n) is 10.1. The molecule has 0 saturated heterocycles. The number of thioether (sulfide) groups is 1. The lowest BCUT2D eigenvalue weighted by molar-refractivity contribution is -0.141. The molecule has 0 radical (unpaired) electrons. The van der Waals surface area contributed by atoms with Gasteiger partial charge in [0.25, 0.3) is 0 Å². The van der Waals surface area contributed by atoms with E-state index in [1.54, 1.807) is 11.8 Å². The van der Waals surface area contributed by atoms with Gasteiger partial charge in [0, 0.05) is 12.6 Å². The maximum Gasteiger partial charge on any atom is 0.315 e. The van der Waals surface area contributed by atoms with E-state index in [-0.39, 0.29) is 18.0 Å². The number of amides is 2. The van der Waals surface area contributed by atoms with Crippen molar-refractivity contribution in [1.82, 2.24) is 10.6 Å². The molecule has 1 saturated carbocycles. The minimum Gasteiger partial charge on any atom is -0.481 e. The van der Waals surface area contributed by atoms with Gasteiger partial charge in [-0.15, -0.1) is 0 Å². The van der Waals surface area contributed by atoms with Gasteiger partial charge in [0.2, 0.25) is 0 Å². The summed E-state index contributed by atoms with van der Waals surface area (Å²) < 4.78 is 0. The van der Waals surface area contributed by atoms with Crippen LogP contribution in [0.3, 0.4) is 0 Å². The van der Waals surface area contributed by atoms with Crippen molar-refractivity contribution in [3.8, 4) is 0 Å². The Morgan fingerprint density at radius 3 is 2.76 bits per heavy atom. The number of urea groups is 1. The second-order valence-electron chi connectivity index (χ2n) is 4.29. The normalized spacial score (nSPS) is 23.4. The molecule has 0 aliphatic heterocycles. The molecule has 6 heteroatoms. The fourth-order valence-electron chi connectivity index (χ4n) is 1.99. The molecule has 1 aliphatic rings. The number of hydrogen-bond donors (Lipinski definition) is 3. The van der Waals surface area contributed by atoms with Crippen LogP contribution in [-0.4, -0.2) is 41.7 Å². The number of carboxylic acids is 1. The molecule has 5 nitrogen and oxygen atoms in total. The first-order valence-corrected chi connectivity index (χ1v) is 7.29. The predicted molar refractivity (Wildman–Crippen MR) is 68.3 cm³/mol. The Kier molecular flexibility index (Phi) is 6.18. The molecular weight excluding hydrogens is 240 g/mol. The van der Waals surface area contributed by atoms with E-state index in [2.05, 4.69) is 10.6 Å². The van der Waals surface area contributed by atoms with Gasteiger partial charge >= 0.3 is 12.0 Å². The summed E-state index contributed by atoms with van der Waals surface area (Å²) in [5, 5.41) is 14.4. The van der Waals surface area contributed by atoms with Gasteiger partial charge in [0.05, 0.1) is 5.92 Å². The Balaban J connectivity index is 2.13. The first kappa shape index (κ1) is 14.2. The quantitative estimate of drug-likeness (QED) is 0.629. The van der Waals surface area contributed by atoms with Crippen molar-refractivity contribution in [1.29, 1.82) is 0 Å². The van der Waals surface area contributed by atoms with Gasteiger partial charge in [-0.25, -0.2) is 4.79 Å². The summed E-state index contributed by atoms with van der Waals surface area (Å²) in [5.41, 5.74) is 0. The molecule has 1 fully saturated rings. The highest BCUT2D eigenvalue weighted by Crippen LogP contribution is 2.25. The molecule has 0 heterocycles. The molecule has 2 unspecified atom stereocenters. The van der Waals surface area contributed by atoms with Crippen molar-refractivity contribution in [3.63, 3.8) is 0 Å². The number of carboxylic acid groups (broad SMARTS) is 1. The SMILES string of the molecule is CSCCCNC(=O)NC1CCC(C(=O)O)C1. The Bertz CT molecular complexity index is 273. The van der Waals surface area contributed by atoms with Gasteiger partial charge in [-0.2, -0.15) is 11.8 Å². The topological polar surface area (TPSA) is 78.4 Å². The summed E-state index contributed by atoms with van der Waals surface area (Å²) >= 11 is 1.75. The van der Waals surface area contributed by atoms with E-state index in [4.69, 9.17) is 5.11 Å². The molecule has 0 spiro atoms. The monoisotopic (exact) mass is 260 g/mol. The summed E-state index contributed by atoms with van der Waals surface area (Å²) in [6, 6.07) is -0.168. The number of aliphatic carboxylic acids is 1. The molecule has 2 amide bonds. The van der Waals surface area contributed by atoms with Crippen molar-refractivity contribution in [2.24, 2.45) is 5.92 Å².